The van der Waals surface area contributed by atoms with Gasteiger partial charge in [-0.2, -0.15) is 0 Å². The monoisotopic (exact) mass is 817 g/mol. The molecule has 10 rings (SSSR count). The molecule has 0 fully saturated rings. The van der Waals surface area contributed by atoms with E-state index in [1.165, 1.54) is 65.4 Å². The Balaban J connectivity index is 1.28. The summed E-state index contributed by atoms with van der Waals surface area (Å²) in [5.41, 5.74) is 15.5. The van der Waals surface area contributed by atoms with Gasteiger partial charge in [0.25, 0.3) is 0 Å². The van der Waals surface area contributed by atoms with Crippen molar-refractivity contribution in [3.63, 3.8) is 0 Å². The van der Waals surface area contributed by atoms with Gasteiger partial charge in [-0.15, -0.1) is 0 Å². The Bertz CT molecular complexity index is 2800. The van der Waals surface area contributed by atoms with Gasteiger partial charge in [0.05, 0.1) is 10.8 Å². The fraction of sp³-hybridized carbons (Fsp3) is 0.158. The first kappa shape index (κ1) is 38.5. The van der Waals surface area contributed by atoms with Crippen molar-refractivity contribution < 1.29 is 0 Å². The maximum Gasteiger partial charge on any atom is 0.0720 e. The van der Waals surface area contributed by atoms with Gasteiger partial charge >= 0.3 is 0 Å². The molecule has 2 aliphatic rings. The maximum absolute atomic E-state index is 2.52. The lowest BCUT2D eigenvalue weighted by atomic mass is 9.51. The highest BCUT2D eigenvalue weighted by atomic mass is 32.3. The van der Waals surface area contributed by atoms with Crippen molar-refractivity contribution in [3.05, 3.63) is 245 Å². The van der Waals surface area contributed by atoms with E-state index >= 15 is 0 Å². The molecule has 0 N–H and O–H groups in total. The molecule has 1 spiro atoms. The number of thiol groups is 1. The van der Waals surface area contributed by atoms with Gasteiger partial charge < -0.3 is 4.90 Å². The molecule has 0 saturated carbocycles. The second-order valence-corrected chi connectivity index (χ2v) is 31.2. The van der Waals surface area contributed by atoms with Crippen LogP contribution in [0.2, 0.25) is 0 Å². The molecule has 0 heterocycles. The minimum atomic E-state index is -1.98. The molecule has 3 heteroatoms. The molecule has 0 aromatic heterocycles. The van der Waals surface area contributed by atoms with Crippen LogP contribution in [0.4, 0.5) is 17.1 Å². The van der Waals surface area contributed by atoms with E-state index < -0.39 is 30.0 Å². The number of rotatable bonds is 7. The van der Waals surface area contributed by atoms with Crippen LogP contribution in [-0.4, -0.2) is 43.8 Å². The Morgan fingerprint density at radius 2 is 0.767 bits per heavy atom. The molecule has 0 bridgehead atoms. The van der Waals surface area contributed by atoms with Crippen molar-refractivity contribution in [2.75, 3.05) is 48.7 Å². The summed E-state index contributed by atoms with van der Waals surface area (Å²) < 4.78 is 0. The van der Waals surface area contributed by atoms with Crippen LogP contribution >= 0.6 is 19.2 Å². The van der Waals surface area contributed by atoms with Crippen LogP contribution in [0.15, 0.2) is 210 Å². The predicted octanol–water partition coefficient (Wildman–Crippen LogP) is 14.2. The van der Waals surface area contributed by atoms with E-state index in [1.54, 1.807) is 0 Å². The molecular formula is C57H55NS2. The summed E-state index contributed by atoms with van der Waals surface area (Å²) >= 11 is 0. The van der Waals surface area contributed by atoms with Crippen molar-refractivity contribution >= 4 is 36.3 Å². The van der Waals surface area contributed by atoms with Crippen LogP contribution in [0.3, 0.4) is 0 Å². The van der Waals surface area contributed by atoms with Gasteiger partial charge in [-0.25, -0.2) is 10.0 Å². The van der Waals surface area contributed by atoms with Gasteiger partial charge in [0.2, 0.25) is 0 Å². The lowest BCUT2D eigenvalue weighted by Gasteiger charge is -2.50. The van der Waals surface area contributed by atoms with E-state index in [-0.39, 0.29) is 0 Å². The SMILES string of the molecule is CS(C)(C)c1ccc(N(c2ccc([SH](C)(C)(C)C)cc2)c2ccc3c(c2)C2(c4ccccc4-3)c3ccccc3C(c3ccccc3)(c3ccccc3)c3ccccc32)cc1. The third-order valence-electron chi connectivity index (χ3n) is 13.1. The predicted molar refractivity (Wildman–Crippen MR) is 265 cm³/mol. The molecule has 60 heavy (non-hydrogen) atoms. The van der Waals surface area contributed by atoms with Crippen LogP contribution in [0.1, 0.15) is 44.5 Å². The minimum Gasteiger partial charge on any atom is -0.310 e. The number of hydrogen-bond donors (Lipinski definition) is 1. The fourth-order valence-corrected chi connectivity index (χ4v) is 12.7. The summed E-state index contributed by atoms with van der Waals surface area (Å²) in [7, 11) is -2.86. The third-order valence-corrected chi connectivity index (χ3v) is 17.2. The first-order chi connectivity index (χ1) is 28.8. The Morgan fingerprint density at radius 1 is 0.367 bits per heavy atom. The third kappa shape index (κ3) is 5.77. The lowest BCUT2D eigenvalue weighted by Crippen LogP contribution is -2.44. The smallest absolute Gasteiger partial charge is 0.0720 e. The Hall–Kier alpha value is -5.74. The van der Waals surface area contributed by atoms with Crippen LogP contribution < -0.4 is 4.90 Å². The zero-order valence-corrected chi connectivity index (χ0v) is 37.6. The molecule has 300 valence electrons. The van der Waals surface area contributed by atoms with E-state index in [2.05, 4.69) is 249 Å². The van der Waals surface area contributed by atoms with Crippen molar-refractivity contribution in [1.29, 1.82) is 0 Å². The molecule has 0 amide bonds. The Kier molecular flexibility index (Phi) is 8.74. The molecule has 0 atom stereocenters. The largest absolute Gasteiger partial charge is 0.310 e. The van der Waals surface area contributed by atoms with E-state index in [1.807, 2.05) is 0 Å². The van der Waals surface area contributed by atoms with Crippen LogP contribution in [0.25, 0.3) is 11.1 Å². The van der Waals surface area contributed by atoms with Crippen molar-refractivity contribution in [1.82, 2.24) is 0 Å². The summed E-state index contributed by atoms with van der Waals surface area (Å²) in [6, 6.07) is 76.3. The molecule has 0 saturated heterocycles. The van der Waals surface area contributed by atoms with Crippen molar-refractivity contribution in [2.24, 2.45) is 0 Å². The van der Waals surface area contributed by atoms with Gasteiger partial charge in [-0.3, -0.25) is 9.16 Å². The number of hydrogen-bond acceptors (Lipinski definition) is 1. The minimum absolute atomic E-state index is 0.534. The van der Waals surface area contributed by atoms with Gasteiger partial charge in [-0.05, 0) is 170 Å². The standard InChI is InChI=1S/C57H55NS2/c1-59(2,3)46-35-30-43(31-36-46)58(44-32-37-47(38-33-44)60(4,5,6)7)45-34-39-49-48-24-14-15-25-50(48)57(55(49)40-45)53-28-18-16-26-51(53)56(41-20-10-8-11-21-41,42-22-12-9-13-23-42)52-27-17-19-29-54(52)57/h8-40,60H,1-7H3. The molecule has 0 aliphatic heterocycles. The number of benzene rings is 8. The first-order valence-corrected chi connectivity index (χ1v) is 27.9. The lowest BCUT2D eigenvalue weighted by molar-refractivity contribution is 0.623. The average molecular weight is 818 g/mol. The Labute approximate surface area is 359 Å². The highest BCUT2D eigenvalue weighted by molar-refractivity contribution is 8.47. The summed E-state index contributed by atoms with van der Waals surface area (Å²) in [6.45, 7) is 0. The second-order valence-electron chi connectivity index (χ2n) is 19.4. The first-order valence-electron chi connectivity index (χ1n) is 21.0. The highest BCUT2D eigenvalue weighted by Gasteiger charge is 2.56. The molecule has 1 nitrogen and oxygen atoms in total. The Morgan fingerprint density at radius 3 is 1.25 bits per heavy atom. The maximum atomic E-state index is 2.52. The average Bonchev–Trinajstić information content (AvgIpc) is 3.54. The molecule has 2 aliphatic carbocycles. The van der Waals surface area contributed by atoms with Crippen molar-refractivity contribution in [2.45, 2.75) is 20.6 Å². The van der Waals surface area contributed by atoms with E-state index in [9.17, 15) is 0 Å². The van der Waals surface area contributed by atoms with E-state index in [0.717, 1.165) is 17.1 Å². The summed E-state index contributed by atoms with van der Waals surface area (Å²) in [5.74, 6) is 0. The van der Waals surface area contributed by atoms with Crippen LogP contribution in [0.5, 0.6) is 0 Å². The normalized spacial score (nSPS) is 15.5. The zero-order chi connectivity index (χ0) is 41.5. The van der Waals surface area contributed by atoms with Gasteiger partial charge in [0.15, 0.2) is 0 Å². The number of anilines is 3. The van der Waals surface area contributed by atoms with Gasteiger partial charge in [0.1, 0.15) is 0 Å². The molecule has 8 aromatic carbocycles. The molecule has 0 unspecified atom stereocenters. The van der Waals surface area contributed by atoms with Gasteiger partial charge in [0, 0.05) is 17.1 Å². The topological polar surface area (TPSA) is 3.24 Å². The van der Waals surface area contributed by atoms with E-state index in [0.29, 0.717) is 0 Å². The van der Waals surface area contributed by atoms with Crippen LogP contribution in [0, 0.1) is 0 Å². The van der Waals surface area contributed by atoms with E-state index in [4.69, 9.17) is 0 Å². The zero-order valence-electron chi connectivity index (χ0n) is 35.9. The second kappa shape index (κ2) is 13.6. The number of nitrogens with zero attached hydrogens (tertiary/aromatic N) is 1. The summed E-state index contributed by atoms with van der Waals surface area (Å²) in [5, 5.41) is 0. The number of fused-ring (bicyclic) bond motifs is 9. The molecule has 8 aromatic rings. The van der Waals surface area contributed by atoms with Crippen LogP contribution in [-0.2, 0) is 10.8 Å². The fourth-order valence-electron chi connectivity index (χ4n) is 10.4. The summed E-state index contributed by atoms with van der Waals surface area (Å²) in [6.07, 6.45) is 16.9. The molecular weight excluding hydrogens is 763 g/mol. The summed E-state index contributed by atoms with van der Waals surface area (Å²) in [4.78, 5) is 5.33. The van der Waals surface area contributed by atoms with Gasteiger partial charge in [-0.1, -0.05) is 140 Å². The quantitative estimate of drug-likeness (QED) is 0.157. The highest BCUT2D eigenvalue weighted by Crippen LogP contribution is 2.66. The molecule has 0 radical (unpaired) electrons. The van der Waals surface area contributed by atoms with Crippen molar-refractivity contribution in [3.8, 4) is 11.1 Å².